The minimum absolute atomic E-state index is 0.244. The highest BCUT2D eigenvalue weighted by atomic mass is 32.2. The summed E-state index contributed by atoms with van der Waals surface area (Å²) >= 11 is 2.90. The smallest absolute Gasteiger partial charge is 0.331 e. The molecule has 1 heterocycles. The molecule has 0 aliphatic heterocycles. The molecule has 2 rings (SSSR count). The van der Waals surface area contributed by atoms with Crippen LogP contribution in [0.5, 0.6) is 0 Å². The van der Waals surface area contributed by atoms with Crippen LogP contribution in [0, 0.1) is 0 Å². The molecule has 1 saturated carbocycles. The van der Waals surface area contributed by atoms with Crippen LogP contribution < -0.4 is 5.32 Å². The molecule has 1 N–H and O–H groups in total. The fourth-order valence-corrected chi connectivity index (χ4v) is 3.11. The van der Waals surface area contributed by atoms with Crippen molar-refractivity contribution < 1.29 is 9.53 Å². The van der Waals surface area contributed by atoms with Gasteiger partial charge in [-0.1, -0.05) is 36.4 Å². The number of esters is 1. The first kappa shape index (κ1) is 15.4. The van der Waals surface area contributed by atoms with E-state index in [2.05, 4.69) is 20.3 Å². The topological polar surface area (TPSA) is 77.0 Å². The maximum atomic E-state index is 12.1. The summed E-state index contributed by atoms with van der Waals surface area (Å²) in [7, 11) is 1.41. The van der Waals surface area contributed by atoms with Gasteiger partial charge in [-0.2, -0.15) is 15.0 Å². The second-order valence-electron chi connectivity index (χ2n) is 4.54. The van der Waals surface area contributed by atoms with Crippen molar-refractivity contribution in [3.63, 3.8) is 0 Å². The van der Waals surface area contributed by atoms with Gasteiger partial charge in [-0.05, 0) is 25.4 Å². The number of thioether (sulfide) groups is 2. The van der Waals surface area contributed by atoms with Crippen molar-refractivity contribution in [2.75, 3.05) is 24.9 Å². The zero-order valence-corrected chi connectivity index (χ0v) is 13.4. The largest absolute Gasteiger partial charge is 0.467 e. The molecule has 0 spiro atoms. The van der Waals surface area contributed by atoms with Crippen LogP contribution in [-0.4, -0.2) is 46.1 Å². The third-order valence-electron chi connectivity index (χ3n) is 3.34. The summed E-state index contributed by atoms with van der Waals surface area (Å²) in [5.74, 6) is 0.202. The highest BCUT2D eigenvalue weighted by Crippen LogP contribution is 2.33. The number of anilines is 1. The van der Waals surface area contributed by atoms with Gasteiger partial charge in [0.05, 0.1) is 7.11 Å². The van der Waals surface area contributed by atoms with E-state index in [-0.39, 0.29) is 5.97 Å². The number of aromatic nitrogens is 3. The number of carbonyl (C=O) groups is 1. The van der Waals surface area contributed by atoms with E-state index in [0.29, 0.717) is 16.3 Å². The Morgan fingerprint density at radius 2 is 1.70 bits per heavy atom. The lowest BCUT2D eigenvalue weighted by atomic mass is 9.98. The van der Waals surface area contributed by atoms with Gasteiger partial charge in [0.1, 0.15) is 5.54 Å². The van der Waals surface area contributed by atoms with Gasteiger partial charge < -0.3 is 10.1 Å². The Balaban J connectivity index is 2.29. The number of rotatable bonds is 5. The number of nitrogens with one attached hydrogen (secondary N) is 1. The van der Waals surface area contributed by atoms with E-state index in [1.54, 1.807) is 0 Å². The fraction of sp³-hybridized carbons (Fsp3) is 0.667. The second-order valence-corrected chi connectivity index (χ2v) is 6.09. The molecule has 1 aromatic rings. The van der Waals surface area contributed by atoms with E-state index in [0.717, 1.165) is 25.7 Å². The van der Waals surface area contributed by atoms with Crippen LogP contribution >= 0.6 is 23.5 Å². The summed E-state index contributed by atoms with van der Waals surface area (Å²) in [6.07, 6.45) is 7.31. The van der Waals surface area contributed by atoms with Crippen molar-refractivity contribution in [1.29, 1.82) is 0 Å². The van der Waals surface area contributed by atoms with Crippen LogP contribution in [0.2, 0.25) is 0 Å². The Bertz CT molecular complexity index is 470. The standard InChI is InChI=1S/C12H18N4O2S2/c1-18-8(17)12(6-4-5-7-12)16-9-13-10(19-2)15-11(14-9)20-3/h4-7H2,1-3H3,(H,13,14,15,16). The summed E-state index contributed by atoms with van der Waals surface area (Å²) in [5.41, 5.74) is -0.693. The second kappa shape index (κ2) is 6.62. The van der Waals surface area contributed by atoms with E-state index in [9.17, 15) is 4.79 Å². The van der Waals surface area contributed by atoms with Crippen molar-refractivity contribution >= 4 is 35.4 Å². The molecular formula is C12H18N4O2S2. The SMILES string of the molecule is COC(=O)C1(Nc2nc(SC)nc(SC)n2)CCCC1. The van der Waals surface area contributed by atoms with Crippen LogP contribution in [0.15, 0.2) is 10.3 Å². The molecule has 0 radical (unpaired) electrons. The van der Waals surface area contributed by atoms with Crippen LogP contribution in [0.4, 0.5) is 5.95 Å². The predicted molar refractivity (Wildman–Crippen MR) is 80.2 cm³/mol. The number of carbonyl (C=O) groups excluding carboxylic acids is 1. The van der Waals surface area contributed by atoms with Crippen molar-refractivity contribution in [3.8, 4) is 0 Å². The molecular weight excluding hydrogens is 296 g/mol. The minimum atomic E-state index is -0.693. The average molecular weight is 314 g/mol. The Hall–Kier alpha value is -1.02. The van der Waals surface area contributed by atoms with Gasteiger partial charge >= 0.3 is 5.97 Å². The van der Waals surface area contributed by atoms with Crippen molar-refractivity contribution in [1.82, 2.24) is 15.0 Å². The number of nitrogens with zero attached hydrogens (tertiary/aromatic N) is 3. The van der Waals surface area contributed by atoms with E-state index in [1.165, 1.54) is 30.6 Å². The molecule has 1 aromatic heterocycles. The Morgan fingerprint density at radius 3 is 2.15 bits per heavy atom. The first-order valence-corrected chi connectivity index (χ1v) is 8.79. The van der Waals surface area contributed by atoms with Gasteiger partial charge in [0.15, 0.2) is 10.3 Å². The van der Waals surface area contributed by atoms with Gasteiger partial charge in [0.2, 0.25) is 5.95 Å². The summed E-state index contributed by atoms with van der Waals surface area (Å²) in [6, 6.07) is 0. The van der Waals surface area contributed by atoms with Gasteiger partial charge in [-0.15, -0.1) is 0 Å². The molecule has 0 saturated heterocycles. The van der Waals surface area contributed by atoms with E-state index >= 15 is 0 Å². The van der Waals surface area contributed by atoms with Gasteiger partial charge in [0, 0.05) is 0 Å². The lowest BCUT2D eigenvalue weighted by Crippen LogP contribution is -2.45. The van der Waals surface area contributed by atoms with E-state index in [1.807, 2.05) is 12.5 Å². The zero-order chi connectivity index (χ0) is 14.6. The lowest BCUT2D eigenvalue weighted by molar-refractivity contribution is -0.145. The minimum Gasteiger partial charge on any atom is -0.467 e. The van der Waals surface area contributed by atoms with Crippen LogP contribution in [0.3, 0.4) is 0 Å². The summed E-state index contributed by atoms with van der Waals surface area (Å²) in [5, 5.41) is 4.48. The fourth-order valence-electron chi connectivity index (χ4n) is 2.34. The lowest BCUT2D eigenvalue weighted by Gasteiger charge is -2.27. The number of hydrogen-bond acceptors (Lipinski definition) is 8. The van der Waals surface area contributed by atoms with Crippen LogP contribution in [0.1, 0.15) is 25.7 Å². The molecule has 20 heavy (non-hydrogen) atoms. The van der Waals surface area contributed by atoms with Crippen molar-refractivity contribution in [2.24, 2.45) is 0 Å². The quantitative estimate of drug-likeness (QED) is 0.655. The van der Waals surface area contributed by atoms with Crippen molar-refractivity contribution in [3.05, 3.63) is 0 Å². The van der Waals surface area contributed by atoms with Crippen LogP contribution in [0.25, 0.3) is 0 Å². The molecule has 8 heteroatoms. The summed E-state index contributed by atoms with van der Waals surface area (Å²) < 4.78 is 4.94. The number of ether oxygens (including phenoxy) is 1. The first-order valence-electron chi connectivity index (χ1n) is 6.34. The number of hydrogen-bond donors (Lipinski definition) is 1. The molecule has 0 unspecified atom stereocenters. The van der Waals surface area contributed by atoms with Gasteiger partial charge in [0.25, 0.3) is 0 Å². The zero-order valence-electron chi connectivity index (χ0n) is 11.8. The average Bonchev–Trinajstić information content (AvgIpc) is 2.95. The molecule has 110 valence electrons. The van der Waals surface area contributed by atoms with Gasteiger partial charge in [-0.3, -0.25) is 0 Å². The number of methoxy groups -OCH3 is 1. The van der Waals surface area contributed by atoms with Gasteiger partial charge in [-0.25, -0.2) is 4.79 Å². The maximum Gasteiger partial charge on any atom is 0.331 e. The summed E-state index contributed by atoms with van der Waals surface area (Å²) in [4.78, 5) is 25.0. The summed E-state index contributed by atoms with van der Waals surface area (Å²) in [6.45, 7) is 0. The Kier molecular flexibility index (Phi) is 5.09. The highest BCUT2D eigenvalue weighted by molar-refractivity contribution is 7.99. The van der Waals surface area contributed by atoms with Crippen molar-refractivity contribution in [2.45, 2.75) is 41.5 Å². The first-order chi connectivity index (χ1) is 9.63. The van der Waals surface area contributed by atoms with E-state index in [4.69, 9.17) is 4.74 Å². The van der Waals surface area contributed by atoms with Crippen LogP contribution in [-0.2, 0) is 9.53 Å². The maximum absolute atomic E-state index is 12.1. The molecule has 1 aliphatic carbocycles. The third kappa shape index (κ3) is 3.17. The monoisotopic (exact) mass is 314 g/mol. The Labute approximate surface area is 126 Å². The predicted octanol–water partition coefficient (Wildman–Crippen LogP) is 2.21. The molecule has 0 amide bonds. The normalized spacial score (nSPS) is 16.9. The molecule has 1 aliphatic rings. The Morgan fingerprint density at radius 1 is 1.15 bits per heavy atom. The highest BCUT2D eigenvalue weighted by Gasteiger charge is 2.43. The molecule has 0 atom stereocenters. The molecule has 1 fully saturated rings. The molecule has 6 nitrogen and oxygen atoms in total. The van der Waals surface area contributed by atoms with E-state index < -0.39 is 5.54 Å². The third-order valence-corrected chi connectivity index (χ3v) is 4.44. The molecule has 0 aromatic carbocycles. The molecule has 0 bridgehead atoms.